The molecule has 1 amide bonds. The summed E-state index contributed by atoms with van der Waals surface area (Å²) in [6.07, 6.45) is 3.46. The molecule has 1 aliphatic rings. The average molecular weight is 337 g/mol. The molecule has 130 valence electrons. The van der Waals surface area contributed by atoms with E-state index in [1.54, 1.807) is 4.90 Å². The lowest BCUT2D eigenvalue weighted by Crippen LogP contribution is -2.35. The molecule has 1 fully saturated rings. The molecule has 25 heavy (non-hydrogen) atoms. The molecule has 0 bridgehead atoms. The minimum Gasteiger partial charge on any atom is -0.459 e. The van der Waals surface area contributed by atoms with Crippen molar-refractivity contribution < 1.29 is 14.3 Å². The molecule has 2 aromatic rings. The van der Waals surface area contributed by atoms with Crippen LogP contribution in [-0.2, 0) is 20.9 Å². The Kier molecular flexibility index (Phi) is 5.83. The maximum Gasteiger partial charge on any atom is 0.325 e. The number of ether oxygens (including phenoxy) is 1. The number of carbonyl (C=O) groups is 2. The summed E-state index contributed by atoms with van der Waals surface area (Å²) in [4.78, 5) is 25.5. The summed E-state index contributed by atoms with van der Waals surface area (Å²) in [7, 11) is 0. The van der Waals surface area contributed by atoms with E-state index in [0.29, 0.717) is 13.0 Å². The topological polar surface area (TPSA) is 46.6 Å². The van der Waals surface area contributed by atoms with Crippen molar-refractivity contribution in [3.05, 3.63) is 60.2 Å². The summed E-state index contributed by atoms with van der Waals surface area (Å²) < 4.78 is 5.33. The molecule has 0 aliphatic carbocycles. The van der Waals surface area contributed by atoms with Crippen molar-refractivity contribution in [1.82, 2.24) is 4.90 Å². The first kappa shape index (κ1) is 17.2. The van der Waals surface area contributed by atoms with Crippen LogP contribution in [0.4, 0.5) is 0 Å². The molecule has 1 saturated heterocycles. The zero-order chi connectivity index (χ0) is 17.5. The maximum absolute atomic E-state index is 12.0. The molecule has 0 N–H and O–H groups in total. The molecule has 1 heterocycles. The van der Waals surface area contributed by atoms with Gasteiger partial charge in [0.2, 0.25) is 5.91 Å². The predicted octanol–water partition coefficient (Wildman–Crippen LogP) is 3.80. The van der Waals surface area contributed by atoms with Crippen LogP contribution >= 0.6 is 0 Å². The molecule has 0 atom stereocenters. The van der Waals surface area contributed by atoms with Gasteiger partial charge < -0.3 is 9.64 Å². The van der Waals surface area contributed by atoms with E-state index in [0.717, 1.165) is 36.0 Å². The summed E-state index contributed by atoms with van der Waals surface area (Å²) in [5, 5.41) is 0. The molecular formula is C21H23NO3. The van der Waals surface area contributed by atoms with Crippen LogP contribution in [0.1, 0.15) is 31.2 Å². The second-order valence-electron chi connectivity index (χ2n) is 6.35. The number of esters is 1. The highest BCUT2D eigenvalue weighted by atomic mass is 16.5. The van der Waals surface area contributed by atoms with Crippen molar-refractivity contribution in [2.45, 2.75) is 32.3 Å². The van der Waals surface area contributed by atoms with E-state index in [-0.39, 0.29) is 25.0 Å². The van der Waals surface area contributed by atoms with Crippen LogP contribution < -0.4 is 0 Å². The van der Waals surface area contributed by atoms with Crippen LogP contribution in [0.2, 0.25) is 0 Å². The number of carbonyl (C=O) groups excluding carboxylic acids is 2. The fourth-order valence-corrected chi connectivity index (χ4v) is 3.00. The number of nitrogens with zero attached hydrogens (tertiary/aromatic N) is 1. The smallest absolute Gasteiger partial charge is 0.325 e. The second kappa shape index (κ2) is 8.47. The molecule has 1 aliphatic heterocycles. The Morgan fingerprint density at radius 2 is 1.64 bits per heavy atom. The van der Waals surface area contributed by atoms with Gasteiger partial charge in [0.25, 0.3) is 0 Å². The minimum absolute atomic E-state index is 0.0565. The highest BCUT2D eigenvalue weighted by Gasteiger charge is 2.19. The van der Waals surface area contributed by atoms with Crippen LogP contribution in [0.3, 0.4) is 0 Å². The quantitative estimate of drug-likeness (QED) is 0.780. The van der Waals surface area contributed by atoms with Gasteiger partial charge in [-0.1, -0.05) is 61.0 Å². The van der Waals surface area contributed by atoms with Crippen molar-refractivity contribution in [3.8, 4) is 11.1 Å². The molecule has 2 aromatic carbocycles. The van der Waals surface area contributed by atoms with Crippen molar-refractivity contribution >= 4 is 11.9 Å². The summed E-state index contributed by atoms with van der Waals surface area (Å²) >= 11 is 0. The molecule has 4 nitrogen and oxygen atoms in total. The summed E-state index contributed by atoms with van der Waals surface area (Å²) in [6.45, 7) is 0.941. The molecular weight excluding hydrogens is 314 g/mol. The molecule has 3 rings (SSSR count). The largest absolute Gasteiger partial charge is 0.459 e. The second-order valence-corrected chi connectivity index (χ2v) is 6.35. The summed E-state index contributed by atoms with van der Waals surface area (Å²) in [5.41, 5.74) is 3.23. The van der Waals surface area contributed by atoms with Crippen molar-refractivity contribution in [2.75, 3.05) is 13.1 Å². The van der Waals surface area contributed by atoms with Crippen molar-refractivity contribution in [3.63, 3.8) is 0 Å². The Bertz CT molecular complexity index is 710. The van der Waals surface area contributed by atoms with Crippen LogP contribution in [0, 0.1) is 0 Å². The van der Waals surface area contributed by atoms with E-state index in [4.69, 9.17) is 4.74 Å². The van der Waals surface area contributed by atoms with E-state index in [1.807, 2.05) is 42.5 Å². The number of likely N-dealkylation sites (tertiary alicyclic amines) is 1. The standard InChI is InChI=1S/C21H23NO3/c23-20-9-5-2-6-14-22(20)15-21(24)25-16-17-10-12-19(13-11-17)18-7-3-1-4-8-18/h1,3-4,7-8,10-13H,2,5-6,9,14-16H2. The van der Waals surface area contributed by atoms with Gasteiger partial charge >= 0.3 is 5.97 Å². The van der Waals surface area contributed by atoms with Crippen LogP contribution in [-0.4, -0.2) is 29.9 Å². The van der Waals surface area contributed by atoms with Gasteiger partial charge in [-0.25, -0.2) is 0 Å². The first-order valence-corrected chi connectivity index (χ1v) is 8.80. The van der Waals surface area contributed by atoms with E-state index < -0.39 is 0 Å². The van der Waals surface area contributed by atoms with Gasteiger partial charge in [-0.15, -0.1) is 0 Å². The normalized spacial score (nSPS) is 14.9. The number of benzene rings is 2. The molecule has 0 aromatic heterocycles. The third-order valence-corrected chi connectivity index (χ3v) is 4.45. The minimum atomic E-state index is -0.345. The summed E-state index contributed by atoms with van der Waals surface area (Å²) in [5.74, 6) is -0.288. The van der Waals surface area contributed by atoms with Gasteiger partial charge in [0, 0.05) is 13.0 Å². The fraction of sp³-hybridized carbons (Fsp3) is 0.333. The van der Waals surface area contributed by atoms with Crippen LogP contribution in [0.15, 0.2) is 54.6 Å². The lowest BCUT2D eigenvalue weighted by Gasteiger charge is -2.19. The Balaban J connectivity index is 1.51. The highest BCUT2D eigenvalue weighted by molar-refractivity contribution is 5.82. The van der Waals surface area contributed by atoms with Gasteiger partial charge in [-0.05, 0) is 29.5 Å². The van der Waals surface area contributed by atoms with Crippen molar-refractivity contribution in [1.29, 1.82) is 0 Å². The number of hydrogen-bond acceptors (Lipinski definition) is 3. The first-order chi connectivity index (χ1) is 12.2. The average Bonchev–Trinajstić information content (AvgIpc) is 2.86. The zero-order valence-corrected chi connectivity index (χ0v) is 14.3. The molecule has 0 radical (unpaired) electrons. The summed E-state index contributed by atoms with van der Waals surface area (Å²) in [6, 6.07) is 18.1. The van der Waals surface area contributed by atoms with E-state index >= 15 is 0 Å². The number of amides is 1. The Hall–Kier alpha value is -2.62. The number of rotatable bonds is 5. The highest BCUT2D eigenvalue weighted by Crippen LogP contribution is 2.19. The maximum atomic E-state index is 12.0. The van der Waals surface area contributed by atoms with E-state index in [9.17, 15) is 9.59 Å². The fourth-order valence-electron chi connectivity index (χ4n) is 3.00. The SMILES string of the molecule is O=C(CN1CCCCCC1=O)OCc1ccc(-c2ccccc2)cc1. The molecule has 0 saturated carbocycles. The van der Waals surface area contributed by atoms with Crippen LogP contribution in [0.5, 0.6) is 0 Å². The number of hydrogen-bond donors (Lipinski definition) is 0. The Morgan fingerprint density at radius 3 is 2.40 bits per heavy atom. The predicted molar refractivity (Wildman–Crippen MR) is 96.7 cm³/mol. The third-order valence-electron chi connectivity index (χ3n) is 4.45. The van der Waals surface area contributed by atoms with Gasteiger partial charge in [-0.2, -0.15) is 0 Å². The van der Waals surface area contributed by atoms with Gasteiger partial charge in [-0.3, -0.25) is 9.59 Å². The van der Waals surface area contributed by atoms with Gasteiger partial charge in [0.15, 0.2) is 0 Å². The Morgan fingerprint density at radius 1 is 0.920 bits per heavy atom. The van der Waals surface area contributed by atoms with Crippen molar-refractivity contribution in [2.24, 2.45) is 0 Å². The van der Waals surface area contributed by atoms with Crippen LogP contribution in [0.25, 0.3) is 11.1 Å². The molecule has 0 spiro atoms. The lowest BCUT2D eigenvalue weighted by atomic mass is 10.0. The van der Waals surface area contributed by atoms with E-state index in [1.165, 1.54) is 0 Å². The van der Waals surface area contributed by atoms with Gasteiger partial charge in [0.05, 0.1) is 0 Å². The Labute approximate surface area is 148 Å². The zero-order valence-electron chi connectivity index (χ0n) is 14.3. The first-order valence-electron chi connectivity index (χ1n) is 8.80. The molecule has 0 unspecified atom stereocenters. The van der Waals surface area contributed by atoms with Gasteiger partial charge in [0.1, 0.15) is 13.2 Å². The third kappa shape index (κ3) is 4.92. The lowest BCUT2D eigenvalue weighted by molar-refractivity contribution is -0.150. The van der Waals surface area contributed by atoms with E-state index in [2.05, 4.69) is 12.1 Å². The molecule has 4 heteroatoms. The monoisotopic (exact) mass is 337 g/mol.